The van der Waals surface area contributed by atoms with E-state index in [9.17, 15) is 9.18 Å². The van der Waals surface area contributed by atoms with Crippen LogP contribution >= 0.6 is 15.9 Å². The lowest BCUT2D eigenvalue weighted by atomic mass is 9.92. The quantitative estimate of drug-likeness (QED) is 0.905. The van der Waals surface area contributed by atoms with Crippen molar-refractivity contribution in [2.45, 2.75) is 27.2 Å². The SMILES string of the molecule is CC(C)(C)CCNC(=O)c1cc(F)ccc1Br. The summed E-state index contributed by atoms with van der Waals surface area (Å²) < 4.78 is 13.6. The molecule has 1 aromatic carbocycles. The van der Waals surface area contributed by atoms with Crippen LogP contribution in [0.3, 0.4) is 0 Å². The Morgan fingerprint density at radius 3 is 2.65 bits per heavy atom. The molecule has 0 aliphatic carbocycles. The molecule has 0 spiro atoms. The first kappa shape index (κ1) is 14.2. The van der Waals surface area contributed by atoms with Crippen LogP contribution in [-0.2, 0) is 0 Å². The molecule has 0 atom stereocenters. The number of hydrogen-bond acceptors (Lipinski definition) is 1. The summed E-state index contributed by atoms with van der Waals surface area (Å²) in [6.07, 6.45) is 0.881. The minimum absolute atomic E-state index is 0.173. The second-order valence-corrected chi connectivity index (χ2v) is 6.05. The first-order chi connectivity index (χ1) is 7.79. The number of rotatable bonds is 3. The van der Waals surface area contributed by atoms with E-state index in [2.05, 4.69) is 42.0 Å². The van der Waals surface area contributed by atoms with Gasteiger partial charge in [0.05, 0.1) is 5.56 Å². The number of carbonyl (C=O) groups excluding carboxylic acids is 1. The van der Waals surface area contributed by atoms with E-state index in [1.807, 2.05) is 0 Å². The number of carbonyl (C=O) groups is 1. The zero-order chi connectivity index (χ0) is 13.1. The minimum Gasteiger partial charge on any atom is -0.352 e. The summed E-state index contributed by atoms with van der Waals surface area (Å²) in [5.74, 6) is -0.658. The van der Waals surface area contributed by atoms with Crippen LogP contribution in [0.2, 0.25) is 0 Å². The molecule has 0 heterocycles. The summed E-state index contributed by atoms with van der Waals surface area (Å²) in [6, 6.07) is 4.08. The summed E-state index contributed by atoms with van der Waals surface area (Å²) in [7, 11) is 0. The normalized spacial score (nSPS) is 11.4. The smallest absolute Gasteiger partial charge is 0.252 e. The third-order valence-corrected chi connectivity index (χ3v) is 3.03. The number of benzene rings is 1. The average Bonchev–Trinajstić information content (AvgIpc) is 2.19. The lowest BCUT2D eigenvalue weighted by Crippen LogP contribution is -2.27. The summed E-state index contributed by atoms with van der Waals surface area (Å²) in [6.45, 7) is 6.91. The van der Waals surface area contributed by atoms with Crippen LogP contribution < -0.4 is 5.32 Å². The number of amides is 1. The van der Waals surface area contributed by atoms with Crippen LogP contribution in [-0.4, -0.2) is 12.5 Å². The highest BCUT2D eigenvalue weighted by Crippen LogP contribution is 2.19. The van der Waals surface area contributed by atoms with Gasteiger partial charge in [-0.15, -0.1) is 0 Å². The monoisotopic (exact) mass is 301 g/mol. The molecule has 4 heteroatoms. The van der Waals surface area contributed by atoms with E-state index < -0.39 is 5.82 Å². The number of halogens is 2. The maximum Gasteiger partial charge on any atom is 0.252 e. The van der Waals surface area contributed by atoms with Crippen molar-refractivity contribution in [2.24, 2.45) is 5.41 Å². The molecule has 1 rings (SSSR count). The molecule has 0 saturated carbocycles. The van der Waals surface area contributed by atoms with Gasteiger partial charge in [0.15, 0.2) is 0 Å². The van der Waals surface area contributed by atoms with Crippen molar-refractivity contribution in [1.82, 2.24) is 5.32 Å². The van der Waals surface area contributed by atoms with Crippen molar-refractivity contribution >= 4 is 21.8 Å². The Hall–Kier alpha value is -0.900. The molecular weight excluding hydrogens is 285 g/mol. The van der Waals surface area contributed by atoms with E-state index >= 15 is 0 Å². The topological polar surface area (TPSA) is 29.1 Å². The van der Waals surface area contributed by atoms with Crippen molar-refractivity contribution in [3.63, 3.8) is 0 Å². The van der Waals surface area contributed by atoms with E-state index in [1.165, 1.54) is 18.2 Å². The lowest BCUT2D eigenvalue weighted by Gasteiger charge is -2.18. The van der Waals surface area contributed by atoms with Crippen LogP contribution in [0, 0.1) is 11.2 Å². The molecule has 17 heavy (non-hydrogen) atoms. The fraction of sp³-hybridized carbons (Fsp3) is 0.462. The molecule has 0 bridgehead atoms. The third-order valence-electron chi connectivity index (χ3n) is 2.33. The zero-order valence-electron chi connectivity index (χ0n) is 10.3. The molecule has 2 nitrogen and oxygen atoms in total. The molecule has 0 aliphatic rings. The Morgan fingerprint density at radius 2 is 2.06 bits per heavy atom. The van der Waals surface area contributed by atoms with Crippen molar-refractivity contribution in [2.75, 3.05) is 6.54 Å². The van der Waals surface area contributed by atoms with Gasteiger partial charge in [0, 0.05) is 11.0 Å². The highest BCUT2D eigenvalue weighted by atomic mass is 79.9. The fourth-order valence-electron chi connectivity index (χ4n) is 1.32. The van der Waals surface area contributed by atoms with Crippen LogP contribution in [0.4, 0.5) is 4.39 Å². The molecule has 0 aliphatic heterocycles. The summed E-state index contributed by atoms with van der Waals surface area (Å²) in [5.41, 5.74) is 0.505. The van der Waals surface area contributed by atoms with Crippen LogP contribution in [0.5, 0.6) is 0 Å². The van der Waals surface area contributed by atoms with Gasteiger partial charge in [-0.05, 0) is 46.0 Å². The molecule has 1 N–H and O–H groups in total. The van der Waals surface area contributed by atoms with Crippen LogP contribution in [0.15, 0.2) is 22.7 Å². The van der Waals surface area contributed by atoms with Crippen molar-refractivity contribution in [3.05, 3.63) is 34.1 Å². The Balaban J connectivity index is 2.61. The van der Waals surface area contributed by atoms with E-state index in [4.69, 9.17) is 0 Å². The van der Waals surface area contributed by atoms with Gasteiger partial charge in [-0.1, -0.05) is 20.8 Å². The highest BCUT2D eigenvalue weighted by molar-refractivity contribution is 9.10. The van der Waals surface area contributed by atoms with Gasteiger partial charge in [0.1, 0.15) is 5.82 Å². The van der Waals surface area contributed by atoms with Gasteiger partial charge in [0.2, 0.25) is 0 Å². The summed E-state index contributed by atoms with van der Waals surface area (Å²) >= 11 is 3.23. The predicted molar refractivity (Wildman–Crippen MR) is 70.5 cm³/mol. The molecule has 0 saturated heterocycles. The molecule has 0 radical (unpaired) electrons. The Kier molecular flexibility index (Phi) is 4.69. The largest absolute Gasteiger partial charge is 0.352 e. The maximum atomic E-state index is 13.0. The van der Waals surface area contributed by atoms with Crippen LogP contribution in [0.1, 0.15) is 37.6 Å². The molecule has 1 aromatic rings. The Morgan fingerprint density at radius 1 is 1.41 bits per heavy atom. The Labute approximate surface area is 110 Å². The van der Waals surface area contributed by atoms with Gasteiger partial charge >= 0.3 is 0 Å². The summed E-state index contributed by atoms with van der Waals surface area (Å²) in [5, 5.41) is 2.79. The maximum absolute atomic E-state index is 13.0. The fourth-order valence-corrected chi connectivity index (χ4v) is 1.74. The van der Waals surface area contributed by atoms with Gasteiger partial charge in [0.25, 0.3) is 5.91 Å². The number of hydrogen-bond donors (Lipinski definition) is 1. The summed E-state index contributed by atoms with van der Waals surface area (Å²) in [4.78, 5) is 11.8. The molecule has 0 unspecified atom stereocenters. The standard InChI is InChI=1S/C13H17BrFNO/c1-13(2,3)6-7-16-12(17)10-8-9(15)4-5-11(10)14/h4-5,8H,6-7H2,1-3H3,(H,16,17). The second kappa shape index (κ2) is 5.63. The second-order valence-electron chi connectivity index (χ2n) is 5.19. The van der Waals surface area contributed by atoms with Gasteiger partial charge in [-0.2, -0.15) is 0 Å². The molecule has 1 amide bonds. The van der Waals surface area contributed by atoms with Gasteiger partial charge < -0.3 is 5.32 Å². The van der Waals surface area contributed by atoms with E-state index in [0.717, 1.165) is 6.42 Å². The first-order valence-corrected chi connectivity index (χ1v) is 6.32. The third kappa shape index (κ3) is 4.86. The van der Waals surface area contributed by atoms with E-state index in [0.29, 0.717) is 16.6 Å². The highest BCUT2D eigenvalue weighted by Gasteiger charge is 2.13. The minimum atomic E-state index is -0.408. The van der Waals surface area contributed by atoms with Crippen molar-refractivity contribution < 1.29 is 9.18 Å². The van der Waals surface area contributed by atoms with Gasteiger partial charge in [-0.25, -0.2) is 4.39 Å². The van der Waals surface area contributed by atoms with Gasteiger partial charge in [-0.3, -0.25) is 4.79 Å². The molecule has 94 valence electrons. The first-order valence-electron chi connectivity index (χ1n) is 5.53. The predicted octanol–water partition coefficient (Wildman–Crippen LogP) is 3.75. The van der Waals surface area contributed by atoms with Crippen molar-refractivity contribution in [1.29, 1.82) is 0 Å². The number of nitrogens with one attached hydrogen (secondary N) is 1. The van der Waals surface area contributed by atoms with E-state index in [1.54, 1.807) is 0 Å². The zero-order valence-corrected chi connectivity index (χ0v) is 11.9. The Bertz CT molecular complexity index is 412. The average molecular weight is 302 g/mol. The van der Waals surface area contributed by atoms with Crippen LogP contribution in [0.25, 0.3) is 0 Å². The molecular formula is C13H17BrFNO. The van der Waals surface area contributed by atoms with Crippen molar-refractivity contribution in [3.8, 4) is 0 Å². The molecule has 0 fully saturated rings. The van der Waals surface area contributed by atoms with E-state index in [-0.39, 0.29) is 11.3 Å². The lowest BCUT2D eigenvalue weighted by molar-refractivity contribution is 0.0948. The molecule has 0 aromatic heterocycles.